The van der Waals surface area contributed by atoms with Gasteiger partial charge in [0, 0.05) is 19.3 Å². The third-order valence-corrected chi connectivity index (χ3v) is 2.76. The van der Waals surface area contributed by atoms with Gasteiger partial charge in [0.25, 0.3) is 0 Å². The summed E-state index contributed by atoms with van der Waals surface area (Å²) in [6, 6.07) is 0. The Balaban J connectivity index is 2.88. The normalized spacial score (nSPS) is 10.1. The van der Waals surface area contributed by atoms with Crippen molar-refractivity contribution >= 4 is 17.7 Å². The summed E-state index contributed by atoms with van der Waals surface area (Å²) < 4.78 is 4.79. The van der Waals surface area contributed by atoms with Gasteiger partial charge in [0.15, 0.2) is 0 Å². The zero-order valence-electron chi connectivity index (χ0n) is 8.83. The van der Waals surface area contributed by atoms with Crippen LogP contribution in [0.1, 0.15) is 32.6 Å². The lowest BCUT2D eigenvalue weighted by Crippen LogP contribution is -2.02. The number of hydrogen-bond acceptors (Lipinski definition) is 4. The molecule has 4 heteroatoms. The molecule has 0 fully saturated rings. The van der Waals surface area contributed by atoms with Crippen LogP contribution in [0.15, 0.2) is 0 Å². The molecule has 0 aromatic carbocycles. The van der Waals surface area contributed by atoms with Crippen LogP contribution in [0.5, 0.6) is 0 Å². The molecule has 0 saturated carbocycles. The Morgan fingerprint density at radius 2 is 1.93 bits per heavy atom. The highest BCUT2D eigenvalue weighted by Crippen LogP contribution is 2.07. The predicted octanol–water partition coefficient (Wildman–Crippen LogP) is 1.84. The molecule has 1 N–H and O–H groups in total. The van der Waals surface area contributed by atoms with Crippen molar-refractivity contribution in [3.05, 3.63) is 0 Å². The van der Waals surface area contributed by atoms with Crippen LogP contribution in [0.2, 0.25) is 0 Å². The topological polar surface area (TPSA) is 46.5 Å². The molecule has 0 aromatic rings. The lowest BCUT2D eigenvalue weighted by molar-refractivity contribution is -0.140. The maximum atomic E-state index is 10.4. The van der Waals surface area contributed by atoms with Crippen molar-refractivity contribution in [2.45, 2.75) is 32.6 Å². The Morgan fingerprint density at radius 3 is 2.57 bits per heavy atom. The first-order chi connectivity index (χ1) is 6.77. The summed E-state index contributed by atoms with van der Waals surface area (Å²) >= 11 is 1.81. The third-order valence-electron chi connectivity index (χ3n) is 1.73. The van der Waals surface area contributed by atoms with E-state index in [-0.39, 0.29) is 5.97 Å². The van der Waals surface area contributed by atoms with Gasteiger partial charge in [-0.15, -0.1) is 0 Å². The highest BCUT2D eigenvalue weighted by Gasteiger charge is 1.93. The number of aliphatic hydroxyl groups is 1. The molecule has 0 radical (unpaired) electrons. The lowest BCUT2D eigenvalue weighted by Gasteiger charge is -2.02. The van der Waals surface area contributed by atoms with E-state index in [1.165, 1.54) is 19.8 Å². The highest BCUT2D eigenvalue weighted by molar-refractivity contribution is 7.99. The monoisotopic (exact) mass is 220 g/mol. The molecule has 3 nitrogen and oxygen atoms in total. The fourth-order valence-corrected chi connectivity index (χ4v) is 1.83. The van der Waals surface area contributed by atoms with Gasteiger partial charge < -0.3 is 9.84 Å². The van der Waals surface area contributed by atoms with Crippen LogP contribution < -0.4 is 0 Å². The van der Waals surface area contributed by atoms with E-state index in [4.69, 9.17) is 9.84 Å². The molecule has 0 aromatic heterocycles. The third kappa shape index (κ3) is 11.8. The van der Waals surface area contributed by atoms with Crippen LogP contribution in [0.3, 0.4) is 0 Å². The van der Waals surface area contributed by atoms with E-state index >= 15 is 0 Å². The number of ether oxygens (including phenoxy) is 1. The molecular weight excluding hydrogens is 200 g/mol. The van der Waals surface area contributed by atoms with Crippen molar-refractivity contribution in [2.24, 2.45) is 0 Å². The molecular formula is C10H20O3S. The van der Waals surface area contributed by atoms with Crippen molar-refractivity contribution < 1.29 is 14.6 Å². The zero-order valence-corrected chi connectivity index (χ0v) is 9.65. The number of esters is 1. The van der Waals surface area contributed by atoms with E-state index in [0.29, 0.717) is 13.2 Å². The summed E-state index contributed by atoms with van der Waals surface area (Å²) in [5, 5.41) is 8.54. The largest absolute Gasteiger partial charge is 0.465 e. The Bertz CT molecular complexity index is 139. The zero-order chi connectivity index (χ0) is 10.6. The predicted molar refractivity (Wildman–Crippen MR) is 59.5 cm³/mol. The van der Waals surface area contributed by atoms with Crippen LogP contribution in [-0.2, 0) is 9.53 Å². The van der Waals surface area contributed by atoms with Crippen LogP contribution >= 0.6 is 11.8 Å². The molecule has 0 rings (SSSR count). The van der Waals surface area contributed by atoms with Crippen molar-refractivity contribution in [3.63, 3.8) is 0 Å². The van der Waals surface area contributed by atoms with E-state index in [2.05, 4.69) is 0 Å². The van der Waals surface area contributed by atoms with Crippen molar-refractivity contribution in [1.82, 2.24) is 0 Å². The fourth-order valence-electron chi connectivity index (χ4n) is 1.02. The van der Waals surface area contributed by atoms with Gasteiger partial charge >= 0.3 is 5.97 Å². The Morgan fingerprint density at radius 1 is 1.21 bits per heavy atom. The molecule has 0 aliphatic carbocycles. The number of carbonyl (C=O) groups excluding carboxylic acids is 1. The molecule has 0 heterocycles. The highest BCUT2D eigenvalue weighted by atomic mass is 32.2. The van der Waals surface area contributed by atoms with Gasteiger partial charge in [-0.05, 0) is 18.6 Å². The van der Waals surface area contributed by atoms with Gasteiger partial charge in [0.1, 0.15) is 6.61 Å². The first-order valence-electron chi connectivity index (χ1n) is 5.09. The first-order valence-corrected chi connectivity index (χ1v) is 6.25. The average molecular weight is 220 g/mol. The fraction of sp³-hybridized carbons (Fsp3) is 0.900. The Labute approximate surface area is 90.2 Å². The molecule has 0 spiro atoms. The van der Waals surface area contributed by atoms with Gasteiger partial charge in [-0.3, -0.25) is 4.79 Å². The minimum Gasteiger partial charge on any atom is -0.465 e. The lowest BCUT2D eigenvalue weighted by atomic mass is 10.2. The number of hydrogen-bond donors (Lipinski definition) is 1. The van der Waals surface area contributed by atoms with Crippen LogP contribution in [0.4, 0.5) is 0 Å². The first kappa shape index (κ1) is 13.8. The van der Waals surface area contributed by atoms with Crippen molar-refractivity contribution in [1.29, 1.82) is 0 Å². The van der Waals surface area contributed by atoms with Gasteiger partial charge in [-0.25, -0.2) is 0 Å². The molecule has 0 aliphatic heterocycles. The number of carbonyl (C=O) groups is 1. The maximum Gasteiger partial charge on any atom is 0.302 e. The average Bonchev–Trinajstić information content (AvgIpc) is 2.15. The van der Waals surface area contributed by atoms with Gasteiger partial charge in [-0.1, -0.05) is 12.8 Å². The van der Waals surface area contributed by atoms with E-state index in [9.17, 15) is 4.79 Å². The standard InChI is InChI=1S/C10H20O3S/c1-10(12)13-7-9-14-8-5-3-2-4-6-11/h11H,2-9H2,1H3. The summed E-state index contributed by atoms with van der Waals surface area (Å²) in [4.78, 5) is 10.4. The molecule has 0 unspecified atom stereocenters. The number of thioether (sulfide) groups is 1. The Hall–Kier alpha value is -0.220. The molecule has 0 aliphatic rings. The number of rotatable bonds is 9. The SMILES string of the molecule is CC(=O)OCCSCCCCCCO. The van der Waals surface area contributed by atoms with Crippen LogP contribution in [0.25, 0.3) is 0 Å². The minimum atomic E-state index is -0.200. The summed E-state index contributed by atoms with van der Waals surface area (Å²) in [6.45, 7) is 2.26. The summed E-state index contributed by atoms with van der Waals surface area (Å²) in [5.74, 6) is 1.81. The van der Waals surface area contributed by atoms with Gasteiger partial charge in [0.05, 0.1) is 0 Å². The second-order valence-corrected chi connectivity index (χ2v) is 4.31. The molecule has 0 amide bonds. The summed E-state index contributed by atoms with van der Waals surface area (Å²) in [7, 11) is 0. The molecule has 0 bridgehead atoms. The summed E-state index contributed by atoms with van der Waals surface area (Å²) in [6.07, 6.45) is 4.39. The smallest absolute Gasteiger partial charge is 0.302 e. The summed E-state index contributed by atoms with van der Waals surface area (Å²) in [5.41, 5.74) is 0. The van der Waals surface area contributed by atoms with Gasteiger partial charge in [-0.2, -0.15) is 11.8 Å². The number of unbranched alkanes of at least 4 members (excludes halogenated alkanes) is 3. The van der Waals surface area contributed by atoms with E-state index in [0.717, 1.165) is 24.3 Å². The number of aliphatic hydroxyl groups excluding tert-OH is 1. The van der Waals surface area contributed by atoms with E-state index in [1.807, 2.05) is 11.8 Å². The molecule has 84 valence electrons. The van der Waals surface area contributed by atoms with Crippen LogP contribution in [-0.4, -0.2) is 35.8 Å². The van der Waals surface area contributed by atoms with E-state index < -0.39 is 0 Å². The minimum absolute atomic E-state index is 0.200. The van der Waals surface area contributed by atoms with Gasteiger partial charge in [0.2, 0.25) is 0 Å². The Kier molecular flexibility index (Phi) is 10.7. The maximum absolute atomic E-state index is 10.4. The molecule has 0 saturated heterocycles. The van der Waals surface area contributed by atoms with Crippen molar-refractivity contribution in [2.75, 3.05) is 24.7 Å². The second-order valence-electron chi connectivity index (χ2n) is 3.09. The molecule has 0 atom stereocenters. The van der Waals surface area contributed by atoms with Crippen LogP contribution in [0, 0.1) is 0 Å². The molecule has 14 heavy (non-hydrogen) atoms. The second kappa shape index (κ2) is 10.9. The van der Waals surface area contributed by atoms with E-state index in [1.54, 1.807) is 0 Å². The van der Waals surface area contributed by atoms with Crippen molar-refractivity contribution in [3.8, 4) is 0 Å². The quantitative estimate of drug-likeness (QED) is 0.476.